The second-order valence-electron chi connectivity index (χ2n) is 5.58. The molecule has 2 aromatic carbocycles. The molecule has 3 rings (SSSR count). The molecule has 0 saturated carbocycles. The summed E-state index contributed by atoms with van der Waals surface area (Å²) in [4.78, 5) is 16.2. The average Bonchev–Trinajstić information content (AvgIpc) is 2.64. The van der Waals surface area contributed by atoms with E-state index in [9.17, 15) is 4.79 Å². The minimum absolute atomic E-state index is 0.0132. The van der Waals surface area contributed by atoms with Crippen molar-refractivity contribution in [1.82, 2.24) is 10.3 Å². The van der Waals surface area contributed by atoms with Gasteiger partial charge >= 0.3 is 0 Å². The van der Waals surface area contributed by atoms with Gasteiger partial charge in [-0.3, -0.25) is 9.78 Å². The Balaban J connectivity index is 1.43. The molecule has 0 fully saturated rings. The third kappa shape index (κ3) is 4.47. The number of benzene rings is 2. The normalized spacial score (nSPS) is 10.4. The molecule has 0 radical (unpaired) electrons. The number of ether oxygens (including phenoxy) is 2. The molecule has 0 aliphatic heterocycles. The topological polar surface area (TPSA) is 60.5 Å². The standard InChI is InChI=1S/C20H20N2O3/c1-15-6-2-3-9-17(15)25-14-19(23)21-12-13-24-18-10-4-7-16-8-5-11-22-20(16)18/h2-11H,12-14H2,1H3,(H,21,23). The fraction of sp³-hybridized carbons (Fsp3) is 0.200. The largest absolute Gasteiger partial charge is 0.489 e. The molecule has 0 spiro atoms. The van der Waals surface area contributed by atoms with Gasteiger partial charge < -0.3 is 14.8 Å². The lowest BCUT2D eigenvalue weighted by Crippen LogP contribution is -2.32. The van der Waals surface area contributed by atoms with Gasteiger partial charge in [-0.15, -0.1) is 0 Å². The van der Waals surface area contributed by atoms with E-state index >= 15 is 0 Å². The number of pyridine rings is 1. The zero-order chi connectivity index (χ0) is 17.5. The summed E-state index contributed by atoms with van der Waals surface area (Å²) in [5.74, 6) is 1.25. The minimum atomic E-state index is -0.178. The van der Waals surface area contributed by atoms with E-state index in [-0.39, 0.29) is 12.5 Å². The van der Waals surface area contributed by atoms with E-state index in [1.165, 1.54) is 0 Å². The highest BCUT2D eigenvalue weighted by Gasteiger charge is 2.05. The number of nitrogens with zero attached hydrogens (tertiary/aromatic N) is 1. The number of fused-ring (bicyclic) bond motifs is 1. The van der Waals surface area contributed by atoms with Gasteiger partial charge in [0.05, 0.1) is 6.54 Å². The SMILES string of the molecule is Cc1ccccc1OCC(=O)NCCOc1cccc2cccnc12. The van der Waals surface area contributed by atoms with E-state index in [4.69, 9.17) is 9.47 Å². The summed E-state index contributed by atoms with van der Waals surface area (Å²) >= 11 is 0. The second-order valence-corrected chi connectivity index (χ2v) is 5.58. The molecule has 5 nitrogen and oxygen atoms in total. The summed E-state index contributed by atoms with van der Waals surface area (Å²) in [6, 6.07) is 17.3. The molecule has 1 aromatic heterocycles. The lowest BCUT2D eigenvalue weighted by molar-refractivity contribution is -0.123. The highest BCUT2D eigenvalue weighted by Crippen LogP contribution is 2.22. The van der Waals surface area contributed by atoms with Crippen LogP contribution in [0.5, 0.6) is 11.5 Å². The van der Waals surface area contributed by atoms with E-state index in [0.29, 0.717) is 18.9 Å². The third-order valence-corrected chi connectivity index (χ3v) is 3.73. The molecule has 1 N–H and O–H groups in total. The molecule has 1 heterocycles. The number of carbonyl (C=O) groups is 1. The Morgan fingerprint density at radius 2 is 1.80 bits per heavy atom. The summed E-state index contributed by atoms with van der Waals surface area (Å²) in [6.45, 7) is 2.70. The van der Waals surface area contributed by atoms with Crippen molar-refractivity contribution in [3.8, 4) is 11.5 Å². The molecule has 5 heteroatoms. The van der Waals surface area contributed by atoms with Gasteiger partial charge in [0.2, 0.25) is 0 Å². The lowest BCUT2D eigenvalue weighted by atomic mass is 10.2. The zero-order valence-corrected chi connectivity index (χ0v) is 14.1. The minimum Gasteiger partial charge on any atom is -0.489 e. The highest BCUT2D eigenvalue weighted by atomic mass is 16.5. The van der Waals surface area contributed by atoms with Crippen molar-refractivity contribution in [2.24, 2.45) is 0 Å². The molecule has 0 bridgehead atoms. The number of nitrogens with one attached hydrogen (secondary N) is 1. The van der Waals surface area contributed by atoms with Gasteiger partial charge in [0.1, 0.15) is 23.6 Å². The predicted molar refractivity (Wildman–Crippen MR) is 96.9 cm³/mol. The van der Waals surface area contributed by atoms with Gasteiger partial charge in [0.15, 0.2) is 6.61 Å². The first-order chi connectivity index (χ1) is 12.2. The smallest absolute Gasteiger partial charge is 0.258 e. The van der Waals surface area contributed by atoms with E-state index < -0.39 is 0 Å². The van der Waals surface area contributed by atoms with Gasteiger partial charge in [-0.1, -0.05) is 36.4 Å². The van der Waals surface area contributed by atoms with Crippen LogP contribution < -0.4 is 14.8 Å². The van der Waals surface area contributed by atoms with Crippen molar-refractivity contribution in [2.45, 2.75) is 6.92 Å². The Bertz CT molecular complexity index is 859. The molecule has 0 saturated heterocycles. The van der Waals surface area contributed by atoms with Crippen molar-refractivity contribution in [1.29, 1.82) is 0 Å². The molecule has 0 atom stereocenters. The Labute approximate surface area is 146 Å². The van der Waals surface area contributed by atoms with Crippen molar-refractivity contribution in [3.63, 3.8) is 0 Å². The first-order valence-corrected chi connectivity index (χ1v) is 8.16. The van der Waals surface area contributed by atoms with Crippen molar-refractivity contribution in [2.75, 3.05) is 19.8 Å². The Morgan fingerprint density at radius 1 is 1.00 bits per heavy atom. The molecular formula is C20H20N2O3. The van der Waals surface area contributed by atoms with Crippen LogP contribution in [0.1, 0.15) is 5.56 Å². The zero-order valence-electron chi connectivity index (χ0n) is 14.1. The van der Waals surface area contributed by atoms with E-state index in [0.717, 1.165) is 22.2 Å². The summed E-state index contributed by atoms with van der Waals surface area (Å²) in [5, 5.41) is 3.81. The molecule has 1 amide bonds. The van der Waals surface area contributed by atoms with Crippen molar-refractivity contribution in [3.05, 3.63) is 66.4 Å². The van der Waals surface area contributed by atoms with Crippen LogP contribution in [0.15, 0.2) is 60.8 Å². The van der Waals surface area contributed by atoms with Gasteiger partial charge in [0, 0.05) is 11.6 Å². The summed E-state index contributed by atoms with van der Waals surface area (Å²) in [6.07, 6.45) is 1.74. The monoisotopic (exact) mass is 336 g/mol. The highest BCUT2D eigenvalue weighted by molar-refractivity contribution is 5.84. The van der Waals surface area contributed by atoms with Crippen molar-refractivity contribution < 1.29 is 14.3 Å². The van der Waals surface area contributed by atoms with E-state index in [1.807, 2.05) is 61.5 Å². The molecule has 3 aromatic rings. The maximum Gasteiger partial charge on any atom is 0.258 e. The maximum atomic E-state index is 11.8. The van der Waals surface area contributed by atoms with Crippen LogP contribution in [-0.2, 0) is 4.79 Å². The molecule has 0 unspecified atom stereocenters. The third-order valence-electron chi connectivity index (χ3n) is 3.73. The van der Waals surface area contributed by atoms with Crippen LogP contribution in [0, 0.1) is 6.92 Å². The van der Waals surface area contributed by atoms with Gasteiger partial charge in [0.25, 0.3) is 5.91 Å². The fourth-order valence-electron chi connectivity index (χ4n) is 2.46. The first-order valence-electron chi connectivity index (χ1n) is 8.16. The Morgan fingerprint density at radius 3 is 2.68 bits per heavy atom. The summed E-state index contributed by atoms with van der Waals surface area (Å²) in [7, 11) is 0. The molecular weight excluding hydrogens is 316 g/mol. The number of aryl methyl sites for hydroxylation is 1. The average molecular weight is 336 g/mol. The van der Waals surface area contributed by atoms with Gasteiger partial charge in [-0.2, -0.15) is 0 Å². The molecule has 0 aliphatic rings. The van der Waals surface area contributed by atoms with Gasteiger partial charge in [-0.25, -0.2) is 0 Å². The van der Waals surface area contributed by atoms with Crippen LogP contribution in [0.3, 0.4) is 0 Å². The number of rotatable bonds is 7. The Hall–Kier alpha value is -3.08. The second kappa shape index (κ2) is 8.15. The lowest BCUT2D eigenvalue weighted by Gasteiger charge is -2.11. The molecule has 25 heavy (non-hydrogen) atoms. The number of hydrogen-bond acceptors (Lipinski definition) is 4. The fourth-order valence-corrected chi connectivity index (χ4v) is 2.46. The van der Waals surface area contributed by atoms with E-state index in [2.05, 4.69) is 10.3 Å². The number of amides is 1. The van der Waals surface area contributed by atoms with Crippen LogP contribution >= 0.6 is 0 Å². The van der Waals surface area contributed by atoms with Gasteiger partial charge in [-0.05, 0) is 30.7 Å². The number of carbonyl (C=O) groups excluding carboxylic acids is 1. The number of hydrogen-bond donors (Lipinski definition) is 1. The molecule has 128 valence electrons. The van der Waals surface area contributed by atoms with Crippen LogP contribution in [0.2, 0.25) is 0 Å². The van der Waals surface area contributed by atoms with Crippen LogP contribution in [0.25, 0.3) is 10.9 Å². The maximum absolute atomic E-state index is 11.8. The van der Waals surface area contributed by atoms with Crippen molar-refractivity contribution >= 4 is 16.8 Å². The first kappa shape index (κ1) is 16.8. The number of para-hydroxylation sites is 2. The van der Waals surface area contributed by atoms with Crippen LogP contribution in [0.4, 0.5) is 0 Å². The Kier molecular flexibility index (Phi) is 5.46. The predicted octanol–water partition coefficient (Wildman–Crippen LogP) is 3.12. The summed E-state index contributed by atoms with van der Waals surface area (Å²) in [5.41, 5.74) is 1.82. The summed E-state index contributed by atoms with van der Waals surface area (Å²) < 4.78 is 11.2. The quantitative estimate of drug-likeness (QED) is 0.674. The number of aromatic nitrogens is 1. The van der Waals surface area contributed by atoms with E-state index in [1.54, 1.807) is 6.20 Å². The van der Waals surface area contributed by atoms with Crippen LogP contribution in [-0.4, -0.2) is 30.6 Å². The molecule has 0 aliphatic carbocycles.